The van der Waals surface area contributed by atoms with Crippen LogP contribution < -0.4 is 4.72 Å². The molecule has 0 spiro atoms. The Balaban J connectivity index is 2.02. The summed E-state index contributed by atoms with van der Waals surface area (Å²) in [6, 6.07) is 8.40. The lowest BCUT2D eigenvalue weighted by Gasteiger charge is -2.05. The van der Waals surface area contributed by atoms with E-state index in [2.05, 4.69) is 25.3 Å². The summed E-state index contributed by atoms with van der Waals surface area (Å²) in [5.74, 6) is 0.0507. The number of nitriles is 1. The Bertz CT molecular complexity index is 689. The fourth-order valence-corrected chi connectivity index (χ4v) is 2.50. The summed E-state index contributed by atoms with van der Waals surface area (Å²) in [6.45, 7) is -0.0310. The Morgan fingerprint density at radius 2 is 2.26 bits per heavy atom. The smallest absolute Gasteiger partial charge is 0.212 e. The van der Waals surface area contributed by atoms with Crippen molar-refractivity contribution in [3.63, 3.8) is 0 Å². The maximum absolute atomic E-state index is 11.8. The molecule has 19 heavy (non-hydrogen) atoms. The van der Waals surface area contributed by atoms with E-state index in [-0.39, 0.29) is 18.1 Å². The average molecular weight is 278 g/mol. The second-order valence-electron chi connectivity index (χ2n) is 3.72. The highest BCUT2D eigenvalue weighted by atomic mass is 32.2. The lowest BCUT2D eigenvalue weighted by atomic mass is 10.2. The third kappa shape index (κ3) is 3.84. The Morgan fingerprint density at radius 3 is 2.95 bits per heavy atom. The van der Waals surface area contributed by atoms with Crippen molar-refractivity contribution in [1.82, 2.24) is 25.3 Å². The van der Waals surface area contributed by atoms with Crippen molar-refractivity contribution in [3.8, 4) is 6.07 Å². The van der Waals surface area contributed by atoms with Crippen LogP contribution in [0.25, 0.3) is 0 Å². The van der Waals surface area contributed by atoms with Gasteiger partial charge in [0.25, 0.3) is 0 Å². The summed E-state index contributed by atoms with van der Waals surface area (Å²) < 4.78 is 26.0. The number of hydrogen-bond donors (Lipinski definition) is 2. The van der Waals surface area contributed by atoms with Crippen LogP contribution in [0.1, 0.15) is 17.0 Å². The normalized spacial score (nSPS) is 11.1. The SMILES string of the molecule is N#Cc1cccc(CS(=O)(=O)NCc2nn[nH]n2)c1. The fraction of sp³-hybridized carbons (Fsp3) is 0.200. The third-order valence-corrected chi connectivity index (χ3v) is 3.55. The lowest BCUT2D eigenvalue weighted by Crippen LogP contribution is -2.25. The molecule has 0 radical (unpaired) electrons. The number of hydrogen-bond acceptors (Lipinski definition) is 6. The molecule has 1 heterocycles. The van der Waals surface area contributed by atoms with Crippen LogP contribution >= 0.6 is 0 Å². The Hall–Kier alpha value is -2.31. The number of sulfonamides is 1. The number of tetrazole rings is 1. The van der Waals surface area contributed by atoms with Crippen LogP contribution in [0.15, 0.2) is 24.3 Å². The molecule has 2 rings (SSSR count). The zero-order valence-corrected chi connectivity index (χ0v) is 10.6. The second kappa shape index (κ2) is 5.55. The molecule has 1 aromatic carbocycles. The highest BCUT2D eigenvalue weighted by Gasteiger charge is 2.12. The molecule has 98 valence electrons. The molecule has 0 saturated carbocycles. The zero-order valence-electron chi connectivity index (χ0n) is 9.74. The van der Waals surface area contributed by atoms with Gasteiger partial charge in [-0.25, -0.2) is 13.1 Å². The predicted molar refractivity (Wildman–Crippen MR) is 64.8 cm³/mol. The van der Waals surface area contributed by atoms with E-state index in [0.29, 0.717) is 11.1 Å². The molecule has 0 aliphatic rings. The van der Waals surface area contributed by atoms with Crippen molar-refractivity contribution >= 4 is 10.0 Å². The van der Waals surface area contributed by atoms with Gasteiger partial charge in [-0.2, -0.15) is 10.5 Å². The summed E-state index contributed by atoms with van der Waals surface area (Å²) in [4.78, 5) is 0. The van der Waals surface area contributed by atoms with Gasteiger partial charge in [-0.1, -0.05) is 17.3 Å². The largest absolute Gasteiger partial charge is 0.216 e. The Labute approximate surface area is 109 Å². The molecule has 0 aliphatic heterocycles. The van der Waals surface area contributed by atoms with Crippen molar-refractivity contribution in [1.29, 1.82) is 5.26 Å². The van der Waals surface area contributed by atoms with Gasteiger partial charge in [0.1, 0.15) is 0 Å². The number of benzene rings is 1. The number of aromatic amines is 1. The van der Waals surface area contributed by atoms with E-state index < -0.39 is 10.0 Å². The van der Waals surface area contributed by atoms with E-state index in [1.807, 2.05) is 6.07 Å². The van der Waals surface area contributed by atoms with Crippen LogP contribution in [0.3, 0.4) is 0 Å². The van der Waals surface area contributed by atoms with E-state index in [9.17, 15) is 8.42 Å². The van der Waals surface area contributed by atoms with Crippen LogP contribution in [0.5, 0.6) is 0 Å². The van der Waals surface area contributed by atoms with Crippen LogP contribution in [-0.2, 0) is 22.3 Å². The van der Waals surface area contributed by atoms with Gasteiger partial charge in [-0.15, -0.1) is 10.2 Å². The quantitative estimate of drug-likeness (QED) is 0.773. The van der Waals surface area contributed by atoms with Crippen molar-refractivity contribution in [2.45, 2.75) is 12.3 Å². The van der Waals surface area contributed by atoms with Gasteiger partial charge in [0.2, 0.25) is 10.0 Å². The zero-order chi connectivity index (χ0) is 13.7. The number of aromatic nitrogens is 4. The second-order valence-corrected chi connectivity index (χ2v) is 5.53. The fourth-order valence-electron chi connectivity index (χ4n) is 1.43. The van der Waals surface area contributed by atoms with E-state index in [1.165, 1.54) is 6.07 Å². The first-order chi connectivity index (χ1) is 9.09. The van der Waals surface area contributed by atoms with Crippen molar-refractivity contribution in [2.24, 2.45) is 0 Å². The monoisotopic (exact) mass is 278 g/mol. The van der Waals surface area contributed by atoms with Crippen LogP contribution in [0.2, 0.25) is 0 Å². The van der Waals surface area contributed by atoms with Crippen LogP contribution in [-0.4, -0.2) is 29.0 Å². The van der Waals surface area contributed by atoms with E-state index in [4.69, 9.17) is 5.26 Å². The topological polar surface area (TPSA) is 124 Å². The van der Waals surface area contributed by atoms with E-state index in [1.54, 1.807) is 18.2 Å². The van der Waals surface area contributed by atoms with E-state index >= 15 is 0 Å². The summed E-state index contributed by atoms with van der Waals surface area (Å²) in [7, 11) is -3.52. The summed E-state index contributed by atoms with van der Waals surface area (Å²) >= 11 is 0. The number of nitrogens with zero attached hydrogens (tertiary/aromatic N) is 4. The van der Waals surface area contributed by atoms with Gasteiger partial charge in [0.05, 0.1) is 23.9 Å². The third-order valence-electron chi connectivity index (χ3n) is 2.25. The summed E-state index contributed by atoms with van der Waals surface area (Å²) in [5, 5.41) is 21.6. The van der Waals surface area contributed by atoms with Gasteiger partial charge >= 0.3 is 0 Å². The molecule has 0 fully saturated rings. The Morgan fingerprint density at radius 1 is 1.42 bits per heavy atom. The average Bonchev–Trinajstić information content (AvgIpc) is 2.89. The number of rotatable bonds is 5. The van der Waals surface area contributed by atoms with Crippen molar-refractivity contribution in [2.75, 3.05) is 0 Å². The van der Waals surface area contributed by atoms with Crippen molar-refractivity contribution < 1.29 is 8.42 Å². The predicted octanol–water partition coefficient (Wildman–Crippen LogP) is -0.309. The first-order valence-electron chi connectivity index (χ1n) is 5.28. The minimum Gasteiger partial charge on any atom is -0.212 e. The molecule has 2 N–H and O–H groups in total. The number of nitrogens with one attached hydrogen (secondary N) is 2. The maximum Gasteiger partial charge on any atom is 0.216 e. The summed E-state index contributed by atoms with van der Waals surface area (Å²) in [5.41, 5.74) is 0.963. The molecule has 8 nitrogen and oxygen atoms in total. The van der Waals surface area contributed by atoms with Gasteiger partial charge in [-0.05, 0) is 17.7 Å². The molecule has 0 amide bonds. The minimum atomic E-state index is -3.52. The molecule has 0 aliphatic carbocycles. The van der Waals surface area contributed by atoms with Gasteiger partial charge < -0.3 is 0 Å². The van der Waals surface area contributed by atoms with Crippen molar-refractivity contribution in [3.05, 3.63) is 41.2 Å². The highest BCUT2D eigenvalue weighted by molar-refractivity contribution is 7.88. The first-order valence-corrected chi connectivity index (χ1v) is 6.93. The number of H-pyrrole nitrogens is 1. The van der Waals surface area contributed by atoms with E-state index in [0.717, 1.165) is 0 Å². The Kier molecular flexibility index (Phi) is 3.84. The minimum absolute atomic E-state index is 0.0310. The molecule has 1 aromatic heterocycles. The molecule has 0 unspecified atom stereocenters. The van der Waals surface area contributed by atoms with Gasteiger partial charge in [0, 0.05) is 0 Å². The van der Waals surface area contributed by atoms with Gasteiger partial charge in [-0.3, -0.25) is 0 Å². The molecular formula is C10H10N6O2S. The molecule has 0 atom stereocenters. The lowest BCUT2D eigenvalue weighted by molar-refractivity contribution is 0.578. The molecular weight excluding hydrogens is 268 g/mol. The highest BCUT2D eigenvalue weighted by Crippen LogP contribution is 2.08. The van der Waals surface area contributed by atoms with Gasteiger partial charge in [0.15, 0.2) is 5.82 Å². The van der Waals surface area contributed by atoms with Crippen LogP contribution in [0, 0.1) is 11.3 Å². The maximum atomic E-state index is 11.8. The standard InChI is InChI=1S/C10H10N6O2S/c11-5-8-2-1-3-9(4-8)7-19(17,18)12-6-10-13-15-16-14-10/h1-4,12H,6-7H2,(H,13,14,15,16). The first kappa shape index (κ1) is 13.1. The molecule has 9 heteroatoms. The molecule has 0 bridgehead atoms. The summed E-state index contributed by atoms with van der Waals surface area (Å²) in [6.07, 6.45) is 0. The molecule has 0 saturated heterocycles. The molecule has 2 aromatic rings. The van der Waals surface area contributed by atoms with Crippen LogP contribution in [0.4, 0.5) is 0 Å².